The summed E-state index contributed by atoms with van der Waals surface area (Å²) in [7, 11) is 0. The van der Waals surface area contributed by atoms with Crippen LogP contribution in [0.25, 0.3) is 11.0 Å². The fraction of sp³-hybridized carbons (Fsp3) is 0.333. The van der Waals surface area contributed by atoms with Crippen molar-refractivity contribution in [2.45, 2.75) is 19.5 Å². The lowest BCUT2D eigenvalue weighted by Crippen LogP contribution is -2.45. The second-order valence-corrected chi connectivity index (χ2v) is 6.31. The highest BCUT2D eigenvalue weighted by atomic mass is 19.1. The molecule has 0 bridgehead atoms. The number of halogens is 1. The molecule has 0 saturated carbocycles. The van der Waals surface area contributed by atoms with E-state index in [-0.39, 0.29) is 11.9 Å². The second kappa shape index (κ2) is 6.30. The maximum Gasteiger partial charge on any atom is 0.181 e. The Hall–Kier alpha value is -2.31. The summed E-state index contributed by atoms with van der Waals surface area (Å²) in [5.74, 6) is -0.185. The van der Waals surface area contributed by atoms with E-state index in [9.17, 15) is 4.39 Å². The third-order valence-corrected chi connectivity index (χ3v) is 4.63. The molecule has 1 saturated heterocycles. The molecule has 2 N–H and O–H groups in total. The van der Waals surface area contributed by atoms with Crippen LogP contribution in [0.3, 0.4) is 0 Å². The topological polar surface area (TPSA) is 56.8 Å². The molecule has 1 unspecified atom stereocenters. The number of aromatic nitrogens is 3. The quantitative estimate of drug-likeness (QED) is 0.777. The van der Waals surface area contributed by atoms with Crippen LogP contribution in [0.2, 0.25) is 0 Å². The van der Waals surface area contributed by atoms with Gasteiger partial charge < -0.3 is 5.32 Å². The Kier molecular flexibility index (Phi) is 4.00. The van der Waals surface area contributed by atoms with Gasteiger partial charge >= 0.3 is 0 Å². The van der Waals surface area contributed by atoms with Crippen molar-refractivity contribution >= 4 is 11.0 Å². The van der Waals surface area contributed by atoms with E-state index in [0.717, 1.165) is 54.0 Å². The van der Waals surface area contributed by atoms with Gasteiger partial charge in [0.05, 0.1) is 0 Å². The lowest BCUT2D eigenvalue weighted by molar-refractivity contribution is 0.153. The number of piperazine rings is 1. The zero-order valence-corrected chi connectivity index (χ0v) is 13.6. The minimum Gasteiger partial charge on any atom is -0.314 e. The third kappa shape index (κ3) is 2.90. The van der Waals surface area contributed by atoms with Gasteiger partial charge in [-0.1, -0.05) is 12.1 Å². The Morgan fingerprint density at radius 2 is 2.25 bits per heavy atom. The van der Waals surface area contributed by atoms with Gasteiger partial charge in [-0.2, -0.15) is 5.10 Å². The second-order valence-electron chi connectivity index (χ2n) is 6.31. The Morgan fingerprint density at radius 3 is 3.12 bits per heavy atom. The van der Waals surface area contributed by atoms with Crippen LogP contribution in [0, 0.1) is 12.7 Å². The number of rotatable bonds is 3. The van der Waals surface area contributed by atoms with Crippen molar-refractivity contribution in [3.63, 3.8) is 0 Å². The molecule has 5 nitrogen and oxygen atoms in total. The first kappa shape index (κ1) is 15.2. The van der Waals surface area contributed by atoms with Gasteiger partial charge in [-0.05, 0) is 36.2 Å². The maximum absolute atomic E-state index is 13.6. The minimum absolute atomic E-state index is 0.163. The summed E-state index contributed by atoms with van der Waals surface area (Å²) in [6.07, 6.45) is 1.88. The Morgan fingerprint density at radius 1 is 1.33 bits per heavy atom. The lowest BCUT2D eigenvalue weighted by Gasteiger charge is -2.36. The fourth-order valence-electron chi connectivity index (χ4n) is 3.36. The maximum atomic E-state index is 13.6. The summed E-state index contributed by atoms with van der Waals surface area (Å²) in [6.45, 7) is 5.47. The van der Waals surface area contributed by atoms with E-state index < -0.39 is 0 Å². The standard InChI is InChI=1S/C18H20FN5/c1-12-16-7-13(9-21-18(16)23-22-12)11-24-6-5-20-10-17(24)14-3-2-4-15(19)8-14/h2-4,7-9,17,20H,5-6,10-11H2,1H3,(H,21,22,23). The van der Waals surface area contributed by atoms with Crippen molar-refractivity contribution in [3.05, 3.63) is 59.2 Å². The number of nitrogens with zero attached hydrogens (tertiary/aromatic N) is 3. The molecule has 1 aliphatic heterocycles. The molecule has 0 radical (unpaired) electrons. The smallest absolute Gasteiger partial charge is 0.181 e. The first-order valence-corrected chi connectivity index (χ1v) is 8.20. The number of hydrogen-bond acceptors (Lipinski definition) is 4. The highest BCUT2D eigenvalue weighted by Gasteiger charge is 2.24. The van der Waals surface area contributed by atoms with Gasteiger partial charge in [0.1, 0.15) is 5.82 Å². The predicted octanol–water partition coefficient (Wildman–Crippen LogP) is 2.55. The van der Waals surface area contributed by atoms with Crippen molar-refractivity contribution in [1.29, 1.82) is 0 Å². The molecule has 6 heteroatoms. The van der Waals surface area contributed by atoms with E-state index in [4.69, 9.17) is 0 Å². The van der Waals surface area contributed by atoms with Gasteiger partial charge in [0.15, 0.2) is 5.65 Å². The average Bonchev–Trinajstić information content (AvgIpc) is 2.96. The number of aromatic amines is 1. The molecule has 2 aromatic heterocycles. The van der Waals surface area contributed by atoms with Crippen molar-refractivity contribution < 1.29 is 4.39 Å². The first-order valence-electron chi connectivity index (χ1n) is 8.20. The molecule has 124 valence electrons. The summed E-state index contributed by atoms with van der Waals surface area (Å²) in [5, 5.41) is 11.6. The monoisotopic (exact) mass is 325 g/mol. The Bertz CT molecular complexity index is 859. The molecule has 4 rings (SSSR count). The average molecular weight is 325 g/mol. The van der Waals surface area contributed by atoms with Crippen molar-refractivity contribution in [2.75, 3.05) is 19.6 Å². The van der Waals surface area contributed by atoms with Crippen LogP contribution in [-0.2, 0) is 6.54 Å². The van der Waals surface area contributed by atoms with E-state index >= 15 is 0 Å². The summed E-state index contributed by atoms with van der Waals surface area (Å²) in [5.41, 5.74) is 3.94. The van der Waals surface area contributed by atoms with Gasteiger partial charge in [-0.15, -0.1) is 0 Å². The van der Waals surface area contributed by atoms with Crippen LogP contribution in [-0.4, -0.2) is 39.7 Å². The van der Waals surface area contributed by atoms with E-state index in [0.29, 0.717) is 0 Å². The molecule has 0 spiro atoms. The number of H-pyrrole nitrogens is 1. The van der Waals surface area contributed by atoms with Gasteiger partial charge in [-0.3, -0.25) is 10.00 Å². The predicted molar refractivity (Wildman–Crippen MR) is 91.0 cm³/mol. The van der Waals surface area contributed by atoms with Crippen LogP contribution in [0.15, 0.2) is 36.5 Å². The van der Waals surface area contributed by atoms with Gasteiger partial charge in [0.2, 0.25) is 0 Å². The van der Waals surface area contributed by atoms with Crippen molar-refractivity contribution in [3.8, 4) is 0 Å². The Labute approximate surface area is 139 Å². The first-order chi connectivity index (χ1) is 11.7. The molecule has 0 amide bonds. The molecule has 1 aromatic carbocycles. The number of benzene rings is 1. The minimum atomic E-state index is -0.185. The van der Waals surface area contributed by atoms with Crippen molar-refractivity contribution in [2.24, 2.45) is 0 Å². The normalized spacial score (nSPS) is 19.0. The molecule has 1 atom stereocenters. The zero-order chi connectivity index (χ0) is 16.5. The number of pyridine rings is 1. The molecule has 0 aliphatic carbocycles. The van der Waals surface area contributed by atoms with E-state index in [1.165, 1.54) is 6.07 Å². The fourth-order valence-corrected chi connectivity index (χ4v) is 3.36. The van der Waals surface area contributed by atoms with Crippen LogP contribution < -0.4 is 5.32 Å². The molecular formula is C18H20FN5. The van der Waals surface area contributed by atoms with Crippen LogP contribution in [0.4, 0.5) is 4.39 Å². The van der Waals surface area contributed by atoms with E-state index in [2.05, 4.69) is 31.5 Å². The SMILES string of the molecule is Cc1[nH]nc2ncc(CN3CCNCC3c3cccc(F)c3)cc12. The zero-order valence-electron chi connectivity index (χ0n) is 13.6. The number of nitrogens with one attached hydrogen (secondary N) is 2. The molecular weight excluding hydrogens is 305 g/mol. The molecule has 1 fully saturated rings. The highest BCUT2D eigenvalue weighted by Crippen LogP contribution is 2.25. The number of fused-ring (bicyclic) bond motifs is 1. The number of hydrogen-bond donors (Lipinski definition) is 2. The van der Waals surface area contributed by atoms with E-state index in [1.807, 2.05) is 19.2 Å². The van der Waals surface area contributed by atoms with Crippen molar-refractivity contribution in [1.82, 2.24) is 25.4 Å². The number of aryl methyl sites for hydroxylation is 1. The lowest BCUT2D eigenvalue weighted by atomic mass is 10.0. The molecule has 1 aliphatic rings. The van der Waals surface area contributed by atoms with Gasteiger partial charge in [-0.25, -0.2) is 9.37 Å². The van der Waals surface area contributed by atoms with Gasteiger partial charge in [0, 0.05) is 49.5 Å². The molecule has 3 heterocycles. The van der Waals surface area contributed by atoms with E-state index in [1.54, 1.807) is 12.1 Å². The summed E-state index contributed by atoms with van der Waals surface area (Å²) in [4.78, 5) is 6.81. The highest BCUT2D eigenvalue weighted by molar-refractivity contribution is 5.77. The van der Waals surface area contributed by atoms with Crippen LogP contribution >= 0.6 is 0 Å². The molecule has 24 heavy (non-hydrogen) atoms. The van der Waals surface area contributed by atoms with Crippen LogP contribution in [0.1, 0.15) is 22.9 Å². The Balaban J connectivity index is 1.61. The van der Waals surface area contributed by atoms with Gasteiger partial charge in [0.25, 0.3) is 0 Å². The largest absolute Gasteiger partial charge is 0.314 e. The third-order valence-electron chi connectivity index (χ3n) is 4.63. The molecule has 3 aromatic rings. The summed E-state index contributed by atoms with van der Waals surface area (Å²) in [6, 6.07) is 9.20. The van der Waals surface area contributed by atoms with Crippen LogP contribution in [0.5, 0.6) is 0 Å². The summed E-state index contributed by atoms with van der Waals surface area (Å²) < 4.78 is 13.6. The summed E-state index contributed by atoms with van der Waals surface area (Å²) >= 11 is 0.